The van der Waals surface area contributed by atoms with E-state index in [0.717, 1.165) is 25.0 Å². The smallest absolute Gasteiger partial charge is 0.352 e. The molecule has 118 valence electrons. The van der Waals surface area contributed by atoms with Gasteiger partial charge in [-0.05, 0) is 42.0 Å². The minimum Gasteiger partial charge on any atom is -0.352 e. The van der Waals surface area contributed by atoms with Crippen molar-refractivity contribution in [1.29, 1.82) is 0 Å². The maximum Gasteiger partial charge on any atom is 0.416 e. The second-order valence-electron chi connectivity index (χ2n) is 4.91. The Kier molecular flexibility index (Phi) is 5.60. The van der Waals surface area contributed by atoms with Gasteiger partial charge >= 0.3 is 6.18 Å². The zero-order chi connectivity index (χ0) is 16.0. The molecule has 1 aromatic heterocycles. The van der Waals surface area contributed by atoms with Crippen LogP contribution in [-0.4, -0.2) is 5.91 Å². The van der Waals surface area contributed by atoms with Crippen molar-refractivity contribution in [1.82, 2.24) is 5.32 Å². The van der Waals surface area contributed by atoms with Gasteiger partial charge in [0, 0.05) is 17.8 Å². The van der Waals surface area contributed by atoms with Crippen LogP contribution in [-0.2, 0) is 23.9 Å². The van der Waals surface area contributed by atoms with Crippen LogP contribution in [0.4, 0.5) is 13.2 Å². The molecule has 1 N–H and O–H groups in total. The van der Waals surface area contributed by atoms with E-state index in [-0.39, 0.29) is 12.5 Å². The number of hydrogen-bond acceptors (Lipinski definition) is 2. The molecule has 2 nitrogen and oxygen atoms in total. The van der Waals surface area contributed by atoms with Crippen molar-refractivity contribution in [3.63, 3.8) is 0 Å². The third-order valence-electron chi connectivity index (χ3n) is 3.15. The lowest BCUT2D eigenvalue weighted by atomic mass is 10.1. The number of benzene rings is 1. The number of halogens is 3. The molecule has 2 aromatic rings. The van der Waals surface area contributed by atoms with Crippen LogP contribution in [0.3, 0.4) is 0 Å². The summed E-state index contributed by atoms with van der Waals surface area (Å²) >= 11 is 1.65. The van der Waals surface area contributed by atoms with Crippen LogP contribution in [0.25, 0.3) is 0 Å². The van der Waals surface area contributed by atoms with Crippen molar-refractivity contribution >= 4 is 17.2 Å². The van der Waals surface area contributed by atoms with Gasteiger partial charge in [-0.15, -0.1) is 11.3 Å². The maximum atomic E-state index is 12.6. The summed E-state index contributed by atoms with van der Waals surface area (Å²) in [6.07, 6.45) is -2.42. The molecule has 0 atom stereocenters. The van der Waals surface area contributed by atoms with Crippen LogP contribution in [0.2, 0.25) is 0 Å². The first-order valence-corrected chi connectivity index (χ1v) is 7.78. The Labute approximate surface area is 131 Å². The van der Waals surface area contributed by atoms with E-state index in [1.54, 1.807) is 17.4 Å². The second kappa shape index (κ2) is 7.45. The Hall–Kier alpha value is -1.82. The van der Waals surface area contributed by atoms with Crippen LogP contribution in [0, 0.1) is 0 Å². The maximum absolute atomic E-state index is 12.6. The highest BCUT2D eigenvalue weighted by Crippen LogP contribution is 2.29. The van der Waals surface area contributed by atoms with Gasteiger partial charge in [0.05, 0.1) is 5.56 Å². The molecular formula is C16H16F3NOS. The van der Waals surface area contributed by atoms with Gasteiger partial charge in [0.2, 0.25) is 5.91 Å². The van der Waals surface area contributed by atoms with Crippen LogP contribution in [0.1, 0.15) is 28.8 Å². The first-order valence-electron chi connectivity index (χ1n) is 6.90. The SMILES string of the molecule is O=C(CCCc1cccs1)NCc1cccc(C(F)(F)F)c1. The minimum atomic E-state index is -4.36. The van der Waals surface area contributed by atoms with Crippen LogP contribution >= 0.6 is 11.3 Å². The number of amides is 1. The predicted octanol–water partition coefficient (Wildman–Crippen LogP) is 4.41. The molecule has 0 bridgehead atoms. The molecule has 0 aliphatic rings. The Morgan fingerprint density at radius 2 is 2.00 bits per heavy atom. The number of rotatable bonds is 6. The topological polar surface area (TPSA) is 29.1 Å². The lowest BCUT2D eigenvalue weighted by Gasteiger charge is -2.09. The lowest BCUT2D eigenvalue weighted by Crippen LogP contribution is -2.22. The first kappa shape index (κ1) is 16.5. The molecule has 0 radical (unpaired) electrons. The zero-order valence-corrected chi connectivity index (χ0v) is 12.6. The number of hydrogen-bond donors (Lipinski definition) is 1. The van der Waals surface area contributed by atoms with Gasteiger partial charge in [-0.2, -0.15) is 13.2 Å². The van der Waals surface area contributed by atoms with Gasteiger partial charge in [0.25, 0.3) is 0 Å². The summed E-state index contributed by atoms with van der Waals surface area (Å²) < 4.78 is 37.7. The van der Waals surface area contributed by atoms with Gasteiger partial charge in [-0.1, -0.05) is 18.2 Å². The zero-order valence-electron chi connectivity index (χ0n) is 11.8. The van der Waals surface area contributed by atoms with Crippen LogP contribution in [0.5, 0.6) is 0 Å². The summed E-state index contributed by atoms with van der Waals surface area (Å²) in [6, 6.07) is 8.99. The molecule has 6 heteroatoms. The fraction of sp³-hybridized carbons (Fsp3) is 0.312. The van der Waals surface area contributed by atoms with E-state index in [2.05, 4.69) is 5.32 Å². The summed E-state index contributed by atoms with van der Waals surface area (Å²) in [5.74, 6) is -0.144. The molecule has 1 heterocycles. The summed E-state index contributed by atoms with van der Waals surface area (Å²) in [5, 5.41) is 4.64. The molecule has 1 aromatic carbocycles. The van der Waals surface area contributed by atoms with Gasteiger partial charge in [-0.25, -0.2) is 0 Å². The normalized spacial score (nSPS) is 11.4. The van der Waals surface area contributed by atoms with E-state index in [9.17, 15) is 18.0 Å². The molecule has 0 aliphatic heterocycles. The van der Waals surface area contributed by atoms with Crippen LogP contribution < -0.4 is 5.32 Å². The van der Waals surface area contributed by atoms with E-state index in [4.69, 9.17) is 0 Å². The van der Waals surface area contributed by atoms with Gasteiger partial charge < -0.3 is 5.32 Å². The molecule has 0 unspecified atom stereocenters. The van der Waals surface area contributed by atoms with Crippen molar-refractivity contribution < 1.29 is 18.0 Å². The Morgan fingerprint density at radius 1 is 1.18 bits per heavy atom. The highest BCUT2D eigenvalue weighted by Gasteiger charge is 2.30. The van der Waals surface area contributed by atoms with E-state index in [0.29, 0.717) is 12.0 Å². The van der Waals surface area contributed by atoms with Crippen molar-refractivity contribution in [2.24, 2.45) is 0 Å². The fourth-order valence-electron chi connectivity index (χ4n) is 2.02. The quantitative estimate of drug-likeness (QED) is 0.837. The highest BCUT2D eigenvalue weighted by molar-refractivity contribution is 7.09. The molecule has 0 spiro atoms. The minimum absolute atomic E-state index is 0.113. The first-order chi connectivity index (χ1) is 10.4. The molecule has 0 aliphatic carbocycles. The Morgan fingerprint density at radius 3 is 2.68 bits per heavy atom. The molecular weight excluding hydrogens is 311 g/mol. The molecule has 1 amide bonds. The standard InChI is InChI=1S/C16H16F3NOS/c17-16(18,19)13-5-1-4-12(10-13)11-20-15(21)8-2-6-14-7-3-9-22-14/h1,3-5,7,9-10H,2,6,8,11H2,(H,20,21). The number of thiophene rings is 1. The molecule has 2 rings (SSSR count). The largest absolute Gasteiger partial charge is 0.416 e. The number of nitrogens with one attached hydrogen (secondary N) is 1. The van der Waals surface area contributed by atoms with Crippen molar-refractivity contribution in [2.45, 2.75) is 32.0 Å². The summed E-state index contributed by atoms with van der Waals surface area (Å²) in [7, 11) is 0. The summed E-state index contributed by atoms with van der Waals surface area (Å²) in [4.78, 5) is 12.9. The monoisotopic (exact) mass is 327 g/mol. The Bertz CT molecular complexity index is 608. The second-order valence-corrected chi connectivity index (χ2v) is 5.94. The lowest BCUT2D eigenvalue weighted by molar-refractivity contribution is -0.137. The predicted molar refractivity (Wildman–Crippen MR) is 80.5 cm³/mol. The van der Waals surface area contributed by atoms with Crippen molar-refractivity contribution in [2.75, 3.05) is 0 Å². The van der Waals surface area contributed by atoms with Crippen LogP contribution in [0.15, 0.2) is 41.8 Å². The van der Waals surface area contributed by atoms with E-state index in [1.807, 2.05) is 17.5 Å². The van der Waals surface area contributed by atoms with E-state index in [1.165, 1.54) is 10.9 Å². The van der Waals surface area contributed by atoms with Gasteiger partial charge in [0.15, 0.2) is 0 Å². The van der Waals surface area contributed by atoms with E-state index < -0.39 is 11.7 Å². The number of alkyl halides is 3. The average Bonchev–Trinajstić information content (AvgIpc) is 2.98. The molecule has 0 fully saturated rings. The van der Waals surface area contributed by atoms with Gasteiger partial charge in [0.1, 0.15) is 0 Å². The van der Waals surface area contributed by atoms with E-state index >= 15 is 0 Å². The number of aryl methyl sites for hydroxylation is 1. The van der Waals surface area contributed by atoms with Gasteiger partial charge in [-0.3, -0.25) is 4.79 Å². The molecule has 22 heavy (non-hydrogen) atoms. The number of carbonyl (C=O) groups is 1. The third kappa shape index (κ3) is 5.18. The highest BCUT2D eigenvalue weighted by atomic mass is 32.1. The third-order valence-corrected chi connectivity index (χ3v) is 4.09. The fourth-order valence-corrected chi connectivity index (χ4v) is 2.78. The average molecular weight is 327 g/mol. The van der Waals surface area contributed by atoms with Crippen molar-refractivity contribution in [3.8, 4) is 0 Å². The van der Waals surface area contributed by atoms with Crippen molar-refractivity contribution in [3.05, 3.63) is 57.8 Å². The summed E-state index contributed by atoms with van der Waals surface area (Å²) in [5.41, 5.74) is -0.252. The molecule has 0 saturated heterocycles. The number of carbonyl (C=O) groups excluding carboxylic acids is 1. The summed E-state index contributed by atoms with van der Waals surface area (Å²) in [6.45, 7) is 0.113. The molecule has 0 saturated carbocycles. The Balaban J connectivity index is 1.76.